The Hall–Kier alpha value is -1.43. The lowest BCUT2D eigenvalue weighted by molar-refractivity contribution is -0.384. The van der Waals surface area contributed by atoms with Crippen LogP contribution < -0.4 is 10.6 Å². The molecule has 5 nitrogen and oxygen atoms in total. The molecule has 0 fully saturated rings. The molecule has 0 heterocycles. The minimum absolute atomic E-state index is 0.111. The molecule has 0 spiro atoms. The number of thioether (sulfide) groups is 1. The van der Waals surface area contributed by atoms with E-state index >= 15 is 0 Å². The lowest BCUT2D eigenvalue weighted by atomic mass is 10.2. The van der Waals surface area contributed by atoms with Crippen molar-refractivity contribution in [3.63, 3.8) is 0 Å². The van der Waals surface area contributed by atoms with Crippen LogP contribution in [0.4, 0.5) is 17.1 Å². The molecule has 1 aromatic carbocycles. The Morgan fingerprint density at radius 3 is 2.53 bits per heavy atom. The van der Waals surface area contributed by atoms with Crippen LogP contribution in [0.1, 0.15) is 20.3 Å². The molecular weight excluding hydrogens is 262 g/mol. The first-order valence-corrected chi connectivity index (χ1v) is 7.78. The summed E-state index contributed by atoms with van der Waals surface area (Å²) in [5.41, 5.74) is 1.68. The number of hydrogen-bond donors (Lipinski definition) is 2. The van der Waals surface area contributed by atoms with Gasteiger partial charge >= 0.3 is 0 Å². The van der Waals surface area contributed by atoms with Crippen LogP contribution >= 0.6 is 11.8 Å². The molecule has 1 aromatic rings. The Morgan fingerprint density at radius 1 is 1.32 bits per heavy atom. The first-order chi connectivity index (χ1) is 9.10. The third kappa shape index (κ3) is 4.98. The quantitative estimate of drug-likeness (QED) is 0.564. The summed E-state index contributed by atoms with van der Waals surface area (Å²) in [6, 6.07) is 5.39. The minimum Gasteiger partial charge on any atom is -0.385 e. The van der Waals surface area contributed by atoms with Crippen molar-refractivity contribution in [1.29, 1.82) is 0 Å². The summed E-state index contributed by atoms with van der Waals surface area (Å²) in [7, 11) is 0. The number of non-ortho nitro benzene ring substituents is 1. The number of nitro benzene ring substituents is 1. The summed E-state index contributed by atoms with van der Waals surface area (Å²) in [6.07, 6.45) is 3.04. The fourth-order valence-corrected chi connectivity index (χ4v) is 2.53. The Morgan fingerprint density at radius 2 is 2.00 bits per heavy atom. The van der Waals surface area contributed by atoms with Crippen LogP contribution in [0, 0.1) is 10.1 Å². The lowest BCUT2D eigenvalue weighted by Crippen LogP contribution is -2.21. The average Bonchev–Trinajstić information content (AvgIpc) is 2.38. The third-order valence-electron chi connectivity index (χ3n) is 2.74. The molecule has 1 unspecified atom stereocenters. The van der Waals surface area contributed by atoms with Crippen molar-refractivity contribution in [2.24, 2.45) is 0 Å². The largest absolute Gasteiger partial charge is 0.385 e. The second-order valence-electron chi connectivity index (χ2n) is 4.26. The van der Waals surface area contributed by atoms with Gasteiger partial charge in [-0.05, 0) is 25.7 Å². The first-order valence-electron chi connectivity index (χ1n) is 6.39. The summed E-state index contributed by atoms with van der Waals surface area (Å²) >= 11 is 1.77. The molecule has 0 radical (unpaired) electrons. The fraction of sp³-hybridized carbons (Fsp3) is 0.538. The monoisotopic (exact) mass is 283 g/mol. The molecule has 1 rings (SSSR count). The van der Waals surface area contributed by atoms with Crippen molar-refractivity contribution in [3.8, 4) is 0 Å². The van der Waals surface area contributed by atoms with E-state index in [1.165, 1.54) is 0 Å². The van der Waals surface area contributed by atoms with Crippen molar-refractivity contribution >= 4 is 28.8 Å². The van der Waals surface area contributed by atoms with Gasteiger partial charge in [0, 0.05) is 41.8 Å². The minimum atomic E-state index is -0.360. The Balaban J connectivity index is 2.94. The highest BCUT2D eigenvalue weighted by Crippen LogP contribution is 2.25. The summed E-state index contributed by atoms with van der Waals surface area (Å²) < 4.78 is 0. The second kappa shape index (κ2) is 7.89. The summed E-state index contributed by atoms with van der Waals surface area (Å²) in [6.45, 7) is 4.81. The van der Waals surface area contributed by atoms with Gasteiger partial charge in [0.15, 0.2) is 0 Å². The van der Waals surface area contributed by atoms with Gasteiger partial charge in [0.05, 0.1) is 4.92 Å². The topological polar surface area (TPSA) is 67.2 Å². The van der Waals surface area contributed by atoms with E-state index in [1.54, 1.807) is 23.9 Å². The molecule has 0 aliphatic carbocycles. The maximum Gasteiger partial charge on any atom is 0.273 e. The highest BCUT2D eigenvalue weighted by atomic mass is 32.2. The molecule has 0 aliphatic heterocycles. The fourth-order valence-electron chi connectivity index (χ4n) is 1.80. The van der Waals surface area contributed by atoms with Crippen LogP contribution in [0.2, 0.25) is 0 Å². The van der Waals surface area contributed by atoms with E-state index in [1.807, 2.05) is 13.0 Å². The van der Waals surface area contributed by atoms with E-state index in [4.69, 9.17) is 0 Å². The van der Waals surface area contributed by atoms with Crippen LogP contribution in [-0.2, 0) is 0 Å². The SMILES string of the molecule is CCNc1cc(NC(CC)CSC)cc([N+](=O)[O-])c1. The maximum absolute atomic E-state index is 10.9. The van der Waals surface area contributed by atoms with Crippen LogP contribution in [0.3, 0.4) is 0 Å². The molecular formula is C13H21N3O2S. The Labute approximate surface area is 118 Å². The van der Waals surface area contributed by atoms with Crippen molar-refractivity contribution in [2.45, 2.75) is 26.3 Å². The Kier molecular flexibility index (Phi) is 6.49. The van der Waals surface area contributed by atoms with Crippen LogP contribution in [0.25, 0.3) is 0 Å². The lowest BCUT2D eigenvalue weighted by Gasteiger charge is -2.17. The number of benzene rings is 1. The number of nitro groups is 1. The maximum atomic E-state index is 10.9. The molecule has 106 valence electrons. The zero-order valence-electron chi connectivity index (χ0n) is 11.6. The third-order valence-corrected chi connectivity index (χ3v) is 3.48. The molecule has 1 atom stereocenters. The van der Waals surface area contributed by atoms with Gasteiger partial charge in [0.1, 0.15) is 0 Å². The zero-order valence-corrected chi connectivity index (χ0v) is 12.4. The standard InChI is InChI=1S/C13H21N3O2S/c1-4-10(9-19-3)15-12-6-11(14-5-2)7-13(8-12)16(17)18/h6-8,10,14-15H,4-5,9H2,1-3H3. The van der Waals surface area contributed by atoms with Gasteiger partial charge in [-0.3, -0.25) is 10.1 Å². The van der Waals surface area contributed by atoms with Gasteiger partial charge < -0.3 is 10.6 Å². The van der Waals surface area contributed by atoms with Gasteiger partial charge in [-0.25, -0.2) is 0 Å². The van der Waals surface area contributed by atoms with Crippen LogP contribution in [0.15, 0.2) is 18.2 Å². The summed E-state index contributed by atoms with van der Waals surface area (Å²) in [4.78, 5) is 10.6. The van der Waals surface area contributed by atoms with Crippen molar-refractivity contribution in [3.05, 3.63) is 28.3 Å². The molecule has 0 saturated carbocycles. The van der Waals surface area contributed by atoms with E-state index < -0.39 is 0 Å². The van der Waals surface area contributed by atoms with Gasteiger partial charge in [-0.1, -0.05) is 6.92 Å². The zero-order chi connectivity index (χ0) is 14.3. The molecule has 6 heteroatoms. The number of nitrogens with zero attached hydrogens (tertiary/aromatic N) is 1. The molecule has 0 amide bonds. The molecule has 0 aliphatic rings. The van der Waals surface area contributed by atoms with Crippen molar-refractivity contribution < 1.29 is 4.92 Å². The van der Waals surface area contributed by atoms with Gasteiger partial charge in [-0.15, -0.1) is 0 Å². The number of nitrogens with one attached hydrogen (secondary N) is 2. The Bertz CT molecular complexity index is 426. The van der Waals surface area contributed by atoms with Crippen molar-refractivity contribution in [2.75, 3.05) is 29.2 Å². The molecule has 0 aromatic heterocycles. The first kappa shape index (κ1) is 15.6. The summed E-state index contributed by atoms with van der Waals surface area (Å²) in [5.74, 6) is 0.982. The van der Waals surface area contributed by atoms with E-state index in [0.29, 0.717) is 6.04 Å². The number of rotatable bonds is 8. The average molecular weight is 283 g/mol. The predicted molar refractivity (Wildman–Crippen MR) is 83.3 cm³/mol. The van der Waals surface area contributed by atoms with Gasteiger partial charge in [0.2, 0.25) is 0 Å². The van der Waals surface area contributed by atoms with E-state index in [0.717, 1.165) is 30.1 Å². The second-order valence-corrected chi connectivity index (χ2v) is 5.17. The normalized spacial score (nSPS) is 11.9. The summed E-state index contributed by atoms with van der Waals surface area (Å²) in [5, 5.41) is 17.4. The van der Waals surface area contributed by atoms with Gasteiger partial charge in [-0.2, -0.15) is 11.8 Å². The molecule has 2 N–H and O–H groups in total. The molecule has 19 heavy (non-hydrogen) atoms. The molecule has 0 saturated heterocycles. The van der Waals surface area contributed by atoms with Crippen LogP contribution in [-0.4, -0.2) is 29.5 Å². The van der Waals surface area contributed by atoms with Crippen molar-refractivity contribution in [1.82, 2.24) is 0 Å². The van der Waals surface area contributed by atoms with Crippen LogP contribution in [0.5, 0.6) is 0 Å². The smallest absolute Gasteiger partial charge is 0.273 e. The van der Waals surface area contributed by atoms with E-state index in [2.05, 4.69) is 23.8 Å². The molecule has 0 bridgehead atoms. The highest BCUT2D eigenvalue weighted by molar-refractivity contribution is 7.98. The highest BCUT2D eigenvalue weighted by Gasteiger charge is 2.12. The van der Waals surface area contributed by atoms with E-state index in [9.17, 15) is 10.1 Å². The number of anilines is 2. The van der Waals surface area contributed by atoms with E-state index in [-0.39, 0.29) is 10.6 Å². The van der Waals surface area contributed by atoms with Gasteiger partial charge in [0.25, 0.3) is 5.69 Å². The predicted octanol–water partition coefficient (Wildman–Crippen LogP) is 3.58. The number of hydrogen-bond acceptors (Lipinski definition) is 5.